The predicted octanol–water partition coefficient (Wildman–Crippen LogP) is 3.03. The van der Waals surface area contributed by atoms with E-state index in [1.807, 2.05) is 0 Å². The molecule has 1 saturated carbocycles. The zero-order chi connectivity index (χ0) is 13.3. The van der Waals surface area contributed by atoms with Crippen LogP contribution >= 0.6 is 0 Å². The molecule has 0 amide bonds. The lowest BCUT2D eigenvalue weighted by Gasteiger charge is -2.20. The molecule has 0 saturated heterocycles. The SMILES string of the molecule is Cc1cc(C)c(C(C)NCC(O)C2CC2)cc1C. The quantitative estimate of drug-likeness (QED) is 0.838. The van der Waals surface area contributed by atoms with Crippen molar-refractivity contribution in [3.63, 3.8) is 0 Å². The Morgan fingerprint density at radius 3 is 2.39 bits per heavy atom. The zero-order valence-electron chi connectivity index (χ0n) is 12.0. The molecule has 2 atom stereocenters. The van der Waals surface area contributed by atoms with Crippen molar-refractivity contribution in [1.29, 1.82) is 0 Å². The molecule has 2 nitrogen and oxygen atoms in total. The summed E-state index contributed by atoms with van der Waals surface area (Å²) in [5.41, 5.74) is 5.37. The number of benzene rings is 1. The van der Waals surface area contributed by atoms with E-state index in [2.05, 4.69) is 45.1 Å². The van der Waals surface area contributed by atoms with E-state index < -0.39 is 0 Å². The molecule has 2 unspecified atom stereocenters. The van der Waals surface area contributed by atoms with Crippen molar-refractivity contribution in [2.24, 2.45) is 5.92 Å². The van der Waals surface area contributed by atoms with Crippen LogP contribution in [0.25, 0.3) is 0 Å². The highest BCUT2D eigenvalue weighted by Crippen LogP contribution is 2.32. The molecular formula is C16H25NO. The van der Waals surface area contributed by atoms with Crippen LogP contribution in [0.4, 0.5) is 0 Å². The Balaban J connectivity index is 1.99. The fourth-order valence-corrected chi connectivity index (χ4v) is 2.50. The second-order valence-corrected chi connectivity index (χ2v) is 5.83. The summed E-state index contributed by atoms with van der Waals surface area (Å²) < 4.78 is 0. The lowest BCUT2D eigenvalue weighted by atomic mass is 9.96. The van der Waals surface area contributed by atoms with Gasteiger partial charge in [0.05, 0.1) is 6.10 Å². The molecule has 2 N–H and O–H groups in total. The first-order valence-electron chi connectivity index (χ1n) is 6.98. The Labute approximate surface area is 110 Å². The van der Waals surface area contributed by atoms with E-state index in [-0.39, 0.29) is 6.10 Å². The summed E-state index contributed by atoms with van der Waals surface area (Å²) in [6.07, 6.45) is 2.22. The summed E-state index contributed by atoms with van der Waals surface area (Å²) in [7, 11) is 0. The first kappa shape index (κ1) is 13.6. The number of hydrogen-bond donors (Lipinski definition) is 2. The molecule has 18 heavy (non-hydrogen) atoms. The second-order valence-electron chi connectivity index (χ2n) is 5.83. The van der Waals surface area contributed by atoms with Gasteiger partial charge in [0, 0.05) is 12.6 Å². The van der Waals surface area contributed by atoms with Gasteiger partial charge in [-0.3, -0.25) is 0 Å². The van der Waals surface area contributed by atoms with Gasteiger partial charge in [0.1, 0.15) is 0 Å². The molecule has 0 aromatic heterocycles. The molecule has 0 spiro atoms. The Hall–Kier alpha value is -0.860. The Bertz CT molecular complexity index is 423. The summed E-state index contributed by atoms with van der Waals surface area (Å²) in [5, 5.41) is 13.3. The van der Waals surface area contributed by atoms with Crippen LogP contribution in [0.1, 0.15) is 48.1 Å². The largest absolute Gasteiger partial charge is 0.392 e. The smallest absolute Gasteiger partial charge is 0.0692 e. The van der Waals surface area contributed by atoms with Crippen molar-refractivity contribution < 1.29 is 5.11 Å². The van der Waals surface area contributed by atoms with E-state index in [0.29, 0.717) is 18.5 Å². The molecule has 1 fully saturated rings. The van der Waals surface area contributed by atoms with Crippen LogP contribution < -0.4 is 5.32 Å². The predicted molar refractivity (Wildman–Crippen MR) is 75.8 cm³/mol. The lowest BCUT2D eigenvalue weighted by molar-refractivity contribution is 0.145. The summed E-state index contributed by atoms with van der Waals surface area (Å²) in [6.45, 7) is 9.36. The van der Waals surface area contributed by atoms with Crippen LogP contribution in [0.2, 0.25) is 0 Å². The van der Waals surface area contributed by atoms with E-state index in [9.17, 15) is 5.11 Å². The first-order valence-corrected chi connectivity index (χ1v) is 6.98. The molecule has 2 rings (SSSR count). The van der Waals surface area contributed by atoms with Gasteiger partial charge in [-0.1, -0.05) is 12.1 Å². The highest BCUT2D eigenvalue weighted by molar-refractivity contribution is 5.38. The molecule has 1 aromatic rings. The van der Waals surface area contributed by atoms with Gasteiger partial charge in [0.25, 0.3) is 0 Å². The molecule has 0 bridgehead atoms. The summed E-state index contributed by atoms with van der Waals surface area (Å²) >= 11 is 0. The normalized spacial score (nSPS) is 18.7. The summed E-state index contributed by atoms with van der Waals surface area (Å²) in [6, 6.07) is 4.82. The van der Waals surface area contributed by atoms with Gasteiger partial charge in [0.15, 0.2) is 0 Å². The number of hydrogen-bond acceptors (Lipinski definition) is 2. The Kier molecular flexibility index (Phi) is 4.08. The van der Waals surface area contributed by atoms with E-state index in [1.54, 1.807) is 0 Å². The van der Waals surface area contributed by atoms with Crippen molar-refractivity contribution in [1.82, 2.24) is 5.32 Å². The standard InChI is InChI=1S/C16H25NO/c1-10-7-12(3)15(8-11(10)2)13(4)17-9-16(18)14-5-6-14/h7-8,13-14,16-18H,5-6,9H2,1-4H3. The van der Waals surface area contributed by atoms with E-state index >= 15 is 0 Å². The third-order valence-corrected chi connectivity index (χ3v) is 4.15. The van der Waals surface area contributed by atoms with Gasteiger partial charge in [-0.25, -0.2) is 0 Å². The van der Waals surface area contributed by atoms with Crippen molar-refractivity contribution in [2.45, 2.75) is 52.7 Å². The molecule has 0 radical (unpaired) electrons. The maximum atomic E-state index is 9.89. The Morgan fingerprint density at radius 2 is 1.78 bits per heavy atom. The van der Waals surface area contributed by atoms with Gasteiger partial charge in [-0.15, -0.1) is 0 Å². The van der Waals surface area contributed by atoms with Crippen molar-refractivity contribution in [3.05, 3.63) is 34.4 Å². The van der Waals surface area contributed by atoms with Crippen molar-refractivity contribution >= 4 is 0 Å². The molecule has 1 aliphatic rings. The number of rotatable bonds is 5. The average molecular weight is 247 g/mol. The molecule has 0 heterocycles. The molecule has 1 aromatic carbocycles. The molecule has 100 valence electrons. The van der Waals surface area contributed by atoms with E-state index in [0.717, 1.165) is 0 Å². The van der Waals surface area contributed by atoms with Crippen LogP contribution in [0, 0.1) is 26.7 Å². The molecule has 0 aliphatic heterocycles. The Morgan fingerprint density at radius 1 is 1.17 bits per heavy atom. The topological polar surface area (TPSA) is 32.3 Å². The van der Waals surface area contributed by atoms with Crippen molar-refractivity contribution in [3.8, 4) is 0 Å². The fraction of sp³-hybridized carbons (Fsp3) is 0.625. The third-order valence-electron chi connectivity index (χ3n) is 4.15. The molecule has 1 aliphatic carbocycles. The number of nitrogens with one attached hydrogen (secondary N) is 1. The molecule has 2 heteroatoms. The fourth-order valence-electron chi connectivity index (χ4n) is 2.50. The minimum absolute atomic E-state index is 0.167. The van der Waals surface area contributed by atoms with Gasteiger partial charge >= 0.3 is 0 Å². The number of aliphatic hydroxyl groups is 1. The molecular weight excluding hydrogens is 222 g/mol. The average Bonchev–Trinajstić information content (AvgIpc) is 3.14. The first-order chi connectivity index (χ1) is 8.49. The van der Waals surface area contributed by atoms with Crippen LogP contribution in [-0.2, 0) is 0 Å². The summed E-state index contributed by atoms with van der Waals surface area (Å²) in [5.74, 6) is 0.547. The van der Waals surface area contributed by atoms with E-state index in [4.69, 9.17) is 0 Å². The number of aliphatic hydroxyl groups excluding tert-OH is 1. The van der Waals surface area contributed by atoms with Crippen LogP contribution in [0.5, 0.6) is 0 Å². The highest BCUT2D eigenvalue weighted by atomic mass is 16.3. The van der Waals surface area contributed by atoms with Crippen LogP contribution in [0.3, 0.4) is 0 Å². The van der Waals surface area contributed by atoms with Gasteiger partial charge < -0.3 is 10.4 Å². The second kappa shape index (κ2) is 5.41. The van der Waals surface area contributed by atoms with Gasteiger partial charge in [-0.2, -0.15) is 0 Å². The van der Waals surface area contributed by atoms with Crippen LogP contribution in [-0.4, -0.2) is 17.8 Å². The number of aryl methyl sites for hydroxylation is 3. The van der Waals surface area contributed by atoms with Crippen molar-refractivity contribution in [2.75, 3.05) is 6.54 Å². The van der Waals surface area contributed by atoms with Gasteiger partial charge in [-0.05, 0) is 68.7 Å². The highest BCUT2D eigenvalue weighted by Gasteiger charge is 2.29. The maximum Gasteiger partial charge on any atom is 0.0692 e. The minimum Gasteiger partial charge on any atom is -0.392 e. The monoisotopic (exact) mass is 247 g/mol. The minimum atomic E-state index is -0.167. The van der Waals surface area contributed by atoms with Crippen LogP contribution in [0.15, 0.2) is 12.1 Å². The third kappa shape index (κ3) is 3.12. The van der Waals surface area contributed by atoms with Gasteiger partial charge in [0.2, 0.25) is 0 Å². The maximum absolute atomic E-state index is 9.89. The summed E-state index contributed by atoms with van der Waals surface area (Å²) in [4.78, 5) is 0. The zero-order valence-corrected chi connectivity index (χ0v) is 12.0. The lowest BCUT2D eigenvalue weighted by Crippen LogP contribution is -2.30. The van der Waals surface area contributed by atoms with E-state index in [1.165, 1.54) is 35.1 Å².